The van der Waals surface area contributed by atoms with E-state index in [1.165, 1.54) is 11.8 Å². The highest BCUT2D eigenvalue weighted by molar-refractivity contribution is 7.98. The molecule has 136 valence electrons. The average molecular weight is 378 g/mol. The van der Waals surface area contributed by atoms with Gasteiger partial charge in [-0.25, -0.2) is 0 Å². The third-order valence-corrected chi connectivity index (χ3v) is 4.89. The smallest absolute Gasteiger partial charge is 0.247 e. The third-order valence-electron chi connectivity index (χ3n) is 4.35. The van der Waals surface area contributed by atoms with E-state index in [1.807, 2.05) is 67.8 Å². The van der Waals surface area contributed by atoms with Crippen molar-refractivity contribution < 1.29 is 9.53 Å². The Kier molecular flexibility index (Phi) is 4.77. The molecule has 0 bridgehead atoms. The lowest BCUT2D eigenvalue weighted by molar-refractivity contribution is -0.120. The molecule has 1 atom stereocenters. The second-order valence-corrected chi connectivity index (χ2v) is 6.74. The first-order valence-corrected chi connectivity index (χ1v) is 9.87. The molecule has 1 unspecified atom stereocenters. The molecule has 1 aliphatic rings. The number of carbonyl (C=O) groups is 1. The Hall–Kier alpha value is -2.93. The Morgan fingerprint density at radius 3 is 2.59 bits per heavy atom. The molecule has 2 heterocycles. The zero-order valence-corrected chi connectivity index (χ0v) is 15.8. The van der Waals surface area contributed by atoms with Crippen LogP contribution in [-0.4, -0.2) is 27.3 Å². The topological polar surface area (TPSA) is 68.2 Å². The number of rotatable bonds is 3. The molecule has 1 aromatic heterocycles. The maximum atomic E-state index is 12.9. The van der Waals surface area contributed by atoms with Crippen molar-refractivity contribution in [1.82, 2.24) is 15.2 Å². The lowest BCUT2D eigenvalue weighted by Gasteiger charge is -2.30. The normalized spacial score (nSPS) is 15.3. The second-order valence-electron chi connectivity index (χ2n) is 5.97. The molecule has 0 saturated carbocycles. The van der Waals surface area contributed by atoms with Crippen LogP contribution in [0.1, 0.15) is 25.1 Å². The van der Waals surface area contributed by atoms with Crippen LogP contribution in [0.5, 0.6) is 5.88 Å². The van der Waals surface area contributed by atoms with Gasteiger partial charge < -0.3 is 4.74 Å². The van der Waals surface area contributed by atoms with E-state index >= 15 is 0 Å². The Labute approximate surface area is 161 Å². The predicted octanol–water partition coefficient (Wildman–Crippen LogP) is 4.09. The first-order chi connectivity index (χ1) is 13.2. The van der Waals surface area contributed by atoms with E-state index in [9.17, 15) is 4.79 Å². The molecule has 2 aromatic carbocycles. The highest BCUT2D eigenvalue weighted by Gasteiger charge is 2.35. The van der Waals surface area contributed by atoms with E-state index in [-0.39, 0.29) is 5.91 Å². The minimum atomic E-state index is -0.632. The van der Waals surface area contributed by atoms with Crippen molar-refractivity contribution in [2.75, 3.05) is 11.2 Å². The van der Waals surface area contributed by atoms with Crippen molar-refractivity contribution in [2.24, 2.45) is 0 Å². The van der Waals surface area contributed by atoms with Crippen molar-refractivity contribution in [1.29, 1.82) is 0 Å². The van der Waals surface area contributed by atoms with E-state index in [1.54, 1.807) is 4.90 Å². The number of hydrogen-bond donors (Lipinski definition) is 0. The Morgan fingerprint density at radius 2 is 1.85 bits per heavy atom. The molecule has 0 fully saturated rings. The first kappa shape index (κ1) is 17.5. The molecule has 6 nitrogen and oxygen atoms in total. The van der Waals surface area contributed by atoms with Gasteiger partial charge in [0.25, 0.3) is 0 Å². The number of thioether (sulfide) groups is 1. The summed E-state index contributed by atoms with van der Waals surface area (Å²) < 4.78 is 6.28. The third kappa shape index (κ3) is 3.14. The molecular formula is C20H18N4O2S. The summed E-state index contributed by atoms with van der Waals surface area (Å²) in [6, 6.07) is 17.3. The number of para-hydroxylation sites is 1. The highest BCUT2D eigenvalue weighted by atomic mass is 32.2. The van der Waals surface area contributed by atoms with Gasteiger partial charge in [-0.1, -0.05) is 67.2 Å². The number of fused-ring (bicyclic) bond motifs is 3. The van der Waals surface area contributed by atoms with E-state index in [0.717, 1.165) is 16.8 Å². The number of anilines is 1. The first-order valence-electron chi connectivity index (χ1n) is 8.64. The number of hydrogen-bond acceptors (Lipinski definition) is 6. The van der Waals surface area contributed by atoms with Gasteiger partial charge in [-0.15, -0.1) is 10.2 Å². The summed E-state index contributed by atoms with van der Waals surface area (Å²) in [6.07, 6.45) is 1.61. The van der Waals surface area contributed by atoms with Gasteiger partial charge in [-0.3, -0.25) is 9.69 Å². The number of benzene rings is 2. The van der Waals surface area contributed by atoms with E-state index < -0.39 is 6.23 Å². The molecular weight excluding hydrogens is 360 g/mol. The van der Waals surface area contributed by atoms with Crippen LogP contribution in [0.25, 0.3) is 11.3 Å². The van der Waals surface area contributed by atoms with E-state index in [4.69, 9.17) is 4.74 Å². The number of carbonyl (C=O) groups excluding carboxylic acids is 1. The van der Waals surface area contributed by atoms with Gasteiger partial charge in [0, 0.05) is 17.5 Å². The van der Waals surface area contributed by atoms with Crippen LogP contribution in [-0.2, 0) is 4.79 Å². The van der Waals surface area contributed by atoms with Crippen molar-refractivity contribution in [3.05, 3.63) is 60.2 Å². The summed E-state index contributed by atoms with van der Waals surface area (Å²) in [4.78, 5) is 19.1. The van der Waals surface area contributed by atoms with Crippen molar-refractivity contribution >= 4 is 23.4 Å². The summed E-state index contributed by atoms with van der Waals surface area (Å²) >= 11 is 1.39. The minimum Gasteiger partial charge on any atom is -0.447 e. The monoisotopic (exact) mass is 378 g/mol. The fraction of sp³-hybridized carbons (Fsp3) is 0.200. The lowest BCUT2D eigenvalue weighted by Crippen LogP contribution is -2.37. The molecule has 27 heavy (non-hydrogen) atoms. The minimum absolute atomic E-state index is 0.0397. The SMILES string of the molecule is CCC(=O)N1c2ccccc2-c2nnc(SC)nc2OC1c1ccccc1. The molecule has 0 N–H and O–H groups in total. The van der Waals surface area contributed by atoms with Crippen LogP contribution in [0.2, 0.25) is 0 Å². The number of ether oxygens (including phenoxy) is 1. The number of amides is 1. The lowest BCUT2D eigenvalue weighted by atomic mass is 10.1. The molecule has 4 rings (SSSR count). The van der Waals surface area contributed by atoms with Gasteiger partial charge >= 0.3 is 0 Å². The average Bonchev–Trinajstić information content (AvgIpc) is 2.88. The van der Waals surface area contributed by atoms with Gasteiger partial charge in [0.1, 0.15) is 0 Å². The molecule has 0 spiro atoms. The molecule has 1 aliphatic heterocycles. The Balaban J connectivity index is 1.98. The van der Waals surface area contributed by atoms with Crippen molar-refractivity contribution in [3.8, 4) is 17.1 Å². The number of aromatic nitrogens is 3. The van der Waals surface area contributed by atoms with E-state index in [2.05, 4.69) is 15.2 Å². The summed E-state index contributed by atoms with van der Waals surface area (Å²) in [5.74, 6) is 0.337. The van der Waals surface area contributed by atoms with Gasteiger partial charge in [0.05, 0.1) is 5.69 Å². The predicted molar refractivity (Wildman–Crippen MR) is 105 cm³/mol. The van der Waals surface area contributed by atoms with Crippen LogP contribution in [0.15, 0.2) is 59.8 Å². The molecule has 0 radical (unpaired) electrons. The molecule has 1 amide bonds. The van der Waals surface area contributed by atoms with Crippen LogP contribution in [0.4, 0.5) is 5.69 Å². The van der Waals surface area contributed by atoms with E-state index in [0.29, 0.717) is 23.2 Å². The molecule has 0 aliphatic carbocycles. The maximum absolute atomic E-state index is 12.9. The highest BCUT2D eigenvalue weighted by Crippen LogP contribution is 2.43. The molecule has 7 heteroatoms. The zero-order valence-electron chi connectivity index (χ0n) is 15.0. The largest absolute Gasteiger partial charge is 0.447 e. The Morgan fingerprint density at radius 1 is 1.11 bits per heavy atom. The standard InChI is InChI=1S/C20H18N4O2S/c1-3-16(25)24-15-12-8-7-11-14(15)17-18(21-20(27-2)23-22-17)26-19(24)13-9-5-4-6-10-13/h4-12,19H,3H2,1-2H3. The Bertz CT molecular complexity index is 981. The van der Waals surface area contributed by atoms with Gasteiger partial charge in [0.2, 0.25) is 23.2 Å². The maximum Gasteiger partial charge on any atom is 0.247 e. The summed E-state index contributed by atoms with van der Waals surface area (Å²) in [5, 5.41) is 9.02. The quantitative estimate of drug-likeness (QED) is 0.639. The van der Waals surface area contributed by atoms with Crippen LogP contribution >= 0.6 is 11.8 Å². The van der Waals surface area contributed by atoms with Crippen molar-refractivity contribution in [2.45, 2.75) is 24.7 Å². The summed E-state index contributed by atoms with van der Waals surface area (Å²) in [7, 11) is 0. The molecule has 3 aromatic rings. The summed E-state index contributed by atoms with van der Waals surface area (Å²) in [5.41, 5.74) is 2.92. The second kappa shape index (κ2) is 7.36. The van der Waals surface area contributed by atoms with Crippen molar-refractivity contribution in [3.63, 3.8) is 0 Å². The van der Waals surface area contributed by atoms with Gasteiger partial charge in [-0.2, -0.15) is 4.98 Å². The molecule has 0 saturated heterocycles. The fourth-order valence-electron chi connectivity index (χ4n) is 3.07. The fourth-order valence-corrected chi connectivity index (χ4v) is 3.37. The number of nitrogens with zero attached hydrogens (tertiary/aromatic N) is 4. The summed E-state index contributed by atoms with van der Waals surface area (Å²) in [6.45, 7) is 1.84. The zero-order chi connectivity index (χ0) is 18.8. The van der Waals surface area contributed by atoms with Crippen LogP contribution in [0, 0.1) is 0 Å². The van der Waals surface area contributed by atoms with Gasteiger partial charge in [0.15, 0.2) is 5.69 Å². The van der Waals surface area contributed by atoms with Gasteiger partial charge in [-0.05, 0) is 12.3 Å². The van der Waals surface area contributed by atoms with Crippen LogP contribution in [0.3, 0.4) is 0 Å². The van der Waals surface area contributed by atoms with Crippen LogP contribution < -0.4 is 9.64 Å².